The third-order valence-corrected chi connectivity index (χ3v) is 3.46. The molecule has 1 amide bonds. The van der Waals surface area contributed by atoms with Crippen LogP contribution in [-0.2, 0) is 0 Å². The van der Waals surface area contributed by atoms with Gasteiger partial charge < -0.3 is 4.74 Å². The molecule has 0 atom stereocenters. The zero-order valence-electron chi connectivity index (χ0n) is 13.8. The normalized spacial score (nSPS) is 10.8. The van der Waals surface area contributed by atoms with E-state index >= 15 is 0 Å². The number of carbonyl (C=O) groups is 1. The van der Waals surface area contributed by atoms with E-state index in [0.717, 1.165) is 16.9 Å². The number of ether oxygens (including phenoxy) is 1. The third kappa shape index (κ3) is 4.11. The van der Waals surface area contributed by atoms with Crippen LogP contribution in [0.25, 0.3) is 11.3 Å². The van der Waals surface area contributed by atoms with Crippen LogP contribution in [0.1, 0.15) is 23.0 Å². The summed E-state index contributed by atoms with van der Waals surface area (Å²) in [6.07, 6.45) is 1.58. The Hall–Kier alpha value is -3.41. The molecule has 1 heterocycles. The minimum atomic E-state index is -0.361. The van der Waals surface area contributed by atoms with Gasteiger partial charge in [0.25, 0.3) is 5.91 Å². The molecule has 3 rings (SSSR count). The number of hydrazone groups is 1. The van der Waals surface area contributed by atoms with Gasteiger partial charge in [-0.1, -0.05) is 42.5 Å². The molecule has 0 aliphatic carbocycles. The number of aromatic amines is 1. The highest BCUT2D eigenvalue weighted by Gasteiger charge is 2.13. The predicted octanol–water partition coefficient (Wildman–Crippen LogP) is 3.24. The molecule has 2 N–H and O–H groups in total. The number of hydrogen-bond donors (Lipinski definition) is 2. The molecule has 25 heavy (non-hydrogen) atoms. The van der Waals surface area contributed by atoms with Crippen molar-refractivity contribution >= 4 is 12.1 Å². The molecular formula is C19H18N4O2. The number of amides is 1. The maximum absolute atomic E-state index is 12.2. The van der Waals surface area contributed by atoms with E-state index < -0.39 is 0 Å². The van der Waals surface area contributed by atoms with Crippen LogP contribution >= 0.6 is 0 Å². The lowest BCUT2D eigenvalue weighted by atomic mass is 10.1. The Morgan fingerprint density at radius 1 is 1.20 bits per heavy atom. The zero-order chi connectivity index (χ0) is 17.5. The van der Waals surface area contributed by atoms with Gasteiger partial charge in [0.2, 0.25) is 0 Å². The number of para-hydroxylation sites is 1. The van der Waals surface area contributed by atoms with Gasteiger partial charge in [0, 0.05) is 5.56 Å². The van der Waals surface area contributed by atoms with Crippen LogP contribution in [0.2, 0.25) is 0 Å². The van der Waals surface area contributed by atoms with E-state index in [9.17, 15) is 4.79 Å². The van der Waals surface area contributed by atoms with Crippen molar-refractivity contribution in [2.45, 2.75) is 6.92 Å². The highest BCUT2D eigenvalue weighted by molar-refractivity contribution is 5.94. The van der Waals surface area contributed by atoms with E-state index in [0.29, 0.717) is 18.0 Å². The first-order valence-corrected chi connectivity index (χ1v) is 7.94. The number of benzene rings is 2. The number of nitrogens with one attached hydrogen (secondary N) is 2. The second kappa shape index (κ2) is 7.92. The number of nitrogens with zero attached hydrogens (tertiary/aromatic N) is 2. The van der Waals surface area contributed by atoms with E-state index in [2.05, 4.69) is 20.7 Å². The Balaban J connectivity index is 1.71. The van der Waals surface area contributed by atoms with E-state index in [1.165, 1.54) is 0 Å². The van der Waals surface area contributed by atoms with Crippen molar-refractivity contribution in [3.05, 3.63) is 71.9 Å². The summed E-state index contributed by atoms with van der Waals surface area (Å²) in [5.41, 5.74) is 5.17. The van der Waals surface area contributed by atoms with Gasteiger partial charge in [0.05, 0.1) is 18.5 Å². The Morgan fingerprint density at radius 3 is 2.76 bits per heavy atom. The lowest BCUT2D eigenvalue weighted by Crippen LogP contribution is -2.17. The number of carbonyl (C=O) groups excluding carboxylic acids is 1. The first-order valence-electron chi connectivity index (χ1n) is 7.94. The quantitative estimate of drug-likeness (QED) is 0.536. The summed E-state index contributed by atoms with van der Waals surface area (Å²) in [7, 11) is 0. The first kappa shape index (κ1) is 16.4. The molecule has 6 heteroatoms. The maximum Gasteiger partial charge on any atom is 0.289 e. The highest BCUT2D eigenvalue weighted by Crippen LogP contribution is 2.28. The van der Waals surface area contributed by atoms with Gasteiger partial charge in [0.15, 0.2) is 0 Å². The summed E-state index contributed by atoms with van der Waals surface area (Å²) < 4.78 is 5.60. The second-order valence-corrected chi connectivity index (χ2v) is 5.21. The van der Waals surface area contributed by atoms with E-state index in [1.54, 1.807) is 12.3 Å². The van der Waals surface area contributed by atoms with Crippen LogP contribution in [0.15, 0.2) is 65.8 Å². The van der Waals surface area contributed by atoms with Gasteiger partial charge in [-0.2, -0.15) is 10.2 Å². The predicted molar refractivity (Wildman–Crippen MR) is 96.7 cm³/mol. The fourth-order valence-corrected chi connectivity index (χ4v) is 2.30. The summed E-state index contributed by atoms with van der Waals surface area (Å²) >= 11 is 0. The Kier molecular flexibility index (Phi) is 5.21. The molecule has 0 saturated carbocycles. The summed E-state index contributed by atoms with van der Waals surface area (Å²) in [5.74, 6) is 0.366. The number of aromatic nitrogens is 2. The molecule has 2 aromatic carbocycles. The van der Waals surface area contributed by atoms with E-state index in [4.69, 9.17) is 4.74 Å². The number of rotatable bonds is 6. The van der Waals surface area contributed by atoms with Crippen molar-refractivity contribution in [3.8, 4) is 17.0 Å². The van der Waals surface area contributed by atoms with Crippen molar-refractivity contribution in [2.24, 2.45) is 5.10 Å². The number of hydrogen-bond acceptors (Lipinski definition) is 4. The Morgan fingerprint density at radius 2 is 1.96 bits per heavy atom. The molecule has 0 aliphatic rings. The smallest absolute Gasteiger partial charge is 0.289 e. The molecule has 0 radical (unpaired) electrons. The molecule has 0 saturated heterocycles. The summed E-state index contributed by atoms with van der Waals surface area (Å²) in [4.78, 5) is 12.2. The first-order chi connectivity index (χ1) is 12.3. The topological polar surface area (TPSA) is 79.4 Å². The molecular weight excluding hydrogens is 316 g/mol. The van der Waals surface area contributed by atoms with Crippen molar-refractivity contribution in [1.29, 1.82) is 0 Å². The Bertz CT molecular complexity index is 872. The van der Waals surface area contributed by atoms with Crippen molar-refractivity contribution in [2.75, 3.05) is 6.61 Å². The minimum absolute atomic E-state index is 0.325. The van der Waals surface area contributed by atoms with Gasteiger partial charge in [-0.25, -0.2) is 5.43 Å². The Labute approximate surface area is 145 Å². The van der Waals surface area contributed by atoms with E-state index in [1.807, 2.05) is 61.5 Å². The van der Waals surface area contributed by atoms with Crippen LogP contribution in [0, 0.1) is 0 Å². The molecule has 0 spiro atoms. The van der Waals surface area contributed by atoms with Crippen LogP contribution in [0.5, 0.6) is 5.75 Å². The van der Waals surface area contributed by atoms with Gasteiger partial charge in [0.1, 0.15) is 11.4 Å². The van der Waals surface area contributed by atoms with Crippen LogP contribution in [-0.4, -0.2) is 28.9 Å². The van der Waals surface area contributed by atoms with Gasteiger partial charge >= 0.3 is 0 Å². The summed E-state index contributed by atoms with van der Waals surface area (Å²) in [6.45, 7) is 2.48. The van der Waals surface area contributed by atoms with Crippen molar-refractivity contribution < 1.29 is 9.53 Å². The fraction of sp³-hybridized carbons (Fsp3) is 0.105. The molecule has 0 bridgehead atoms. The molecule has 0 fully saturated rings. The van der Waals surface area contributed by atoms with Gasteiger partial charge in [-0.05, 0) is 30.7 Å². The summed E-state index contributed by atoms with van der Waals surface area (Å²) in [5, 5.41) is 10.9. The van der Waals surface area contributed by atoms with Gasteiger partial charge in [-0.15, -0.1) is 0 Å². The fourth-order valence-electron chi connectivity index (χ4n) is 2.30. The van der Waals surface area contributed by atoms with Crippen molar-refractivity contribution in [3.63, 3.8) is 0 Å². The maximum atomic E-state index is 12.2. The SMILES string of the molecule is CCOc1ccccc1-c1cc(C(=O)N/N=C/c2ccccc2)[nH]n1. The number of H-pyrrole nitrogens is 1. The zero-order valence-corrected chi connectivity index (χ0v) is 13.8. The second-order valence-electron chi connectivity index (χ2n) is 5.21. The third-order valence-electron chi connectivity index (χ3n) is 3.46. The largest absolute Gasteiger partial charge is 0.493 e. The molecule has 0 aliphatic heterocycles. The lowest BCUT2D eigenvalue weighted by molar-refractivity contribution is 0.0950. The highest BCUT2D eigenvalue weighted by atomic mass is 16.5. The standard InChI is InChI=1S/C19H18N4O2/c1-2-25-18-11-7-6-10-15(18)16-12-17(22-21-16)19(24)23-20-13-14-8-4-3-5-9-14/h3-13H,2H2,1H3,(H,21,22)(H,23,24)/b20-13+. The molecule has 126 valence electrons. The monoisotopic (exact) mass is 334 g/mol. The van der Waals surface area contributed by atoms with Crippen LogP contribution in [0.4, 0.5) is 0 Å². The minimum Gasteiger partial charge on any atom is -0.493 e. The van der Waals surface area contributed by atoms with Gasteiger partial charge in [-0.3, -0.25) is 9.89 Å². The molecule has 1 aromatic heterocycles. The molecule has 0 unspecified atom stereocenters. The molecule has 3 aromatic rings. The van der Waals surface area contributed by atoms with Crippen molar-refractivity contribution in [1.82, 2.24) is 15.6 Å². The lowest BCUT2D eigenvalue weighted by Gasteiger charge is -2.07. The van der Waals surface area contributed by atoms with Crippen LogP contribution < -0.4 is 10.2 Å². The van der Waals surface area contributed by atoms with E-state index in [-0.39, 0.29) is 5.91 Å². The summed E-state index contributed by atoms with van der Waals surface area (Å²) in [6, 6.07) is 18.8. The average molecular weight is 334 g/mol. The molecule has 6 nitrogen and oxygen atoms in total. The van der Waals surface area contributed by atoms with Crippen LogP contribution in [0.3, 0.4) is 0 Å². The average Bonchev–Trinajstić information content (AvgIpc) is 3.13.